The summed E-state index contributed by atoms with van der Waals surface area (Å²) in [5.74, 6) is 0. The zero-order valence-electron chi connectivity index (χ0n) is 29.4. The minimum Gasteiger partial charge on any atom is -0.456 e. The summed E-state index contributed by atoms with van der Waals surface area (Å²) in [4.78, 5) is 2.43. The molecule has 0 unspecified atom stereocenters. The highest BCUT2D eigenvalue weighted by molar-refractivity contribution is 6.24. The van der Waals surface area contributed by atoms with Crippen LogP contribution in [0.25, 0.3) is 87.3 Å². The molecule has 0 aliphatic rings. The molecule has 11 aromatic rings. The van der Waals surface area contributed by atoms with Crippen LogP contribution in [-0.4, -0.2) is 0 Å². The normalized spacial score (nSPS) is 11.7. The quantitative estimate of drug-likeness (QED) is 0.168. The summed E-state index contributed by atoms with van der Waals surface area (Å²) in [6, 6.07) is 72.3. The number of furan rings is 1. The molecule has 0 bridgehead atoms. The van der Waals surface area contributed by atoms with E-state index >= 15 is 0 Å². The van der Waals surface area contributed by atoms with Crippen molar-refractivity contribution in [3.05, 3.63) is 200 Å². The Hall–Kier alpha value is -7.16. The molecule has 0 saturated heterocycles. The molecule has 0 atom stereocenters. The van der Waals surface area contributed by atoms with E-state index in [0.717, 1.165) is 44.4 Å². The second kappa shape index (κ2) is 12.2. The Labute approximate surface area is 312 Å². The van der Waals surface area contributed by atoms with Gasteiger partial charge in [0, 0.05) is 33.1 Å². The van der Waals surface area contributed by atoms with Gasteiger partial charge in [-0.3, -0.25) is 0 Å². The van der Waals surface area contributed by atoms with Gasteiger partial charge in [0.1, 0.15) is 11.2 Å². The Morgan fingerprint density at radius 2 is 0.963 bits per heavy atom. The second-order valence-corrected chi connectivity index (χ2v) is 14.1. The highest BCUT2D eigenvalue weighted by Crippen LogP contribution is 2.48. The number of para-hydroxylation sites is 1. The molecule has 1 heterocycles. The van der Waals surface area contributed by atoms with Crippen molar-refractivity contribution in [3.8, 4) is 22.3 Å². The van der Waals surface area contributed by atoms with E-state index in [1.807, 2.05) is 6.07 Å². The van der Waals surface area contributed by atoms with Gasteiger partial charge >= 0.3 is 0 Å². The standard InChI is InChI=1S/C52H33NO/c1-2-13-34(14-3-1)36-17-12-18-39(31-36)53(40-27-28-42-38(32-40)26-25-35-15-4-6-19-41(35)42)48-30-29-46(44-21-8-9-22-45(44)48)51-43-20-7-5-16-37(43)33-50-52(51)47-23-10-11-24-49(47)54-50/h1-33H. The first kappa shape index (κ1) is 30.5. The lowest BCUT2D eigenvalue weighted by molar-refractivity contribution is 0.669. The van der Waals surface area contributed by atoms with Gasteiger partial charge in [-0.05, 0) is 96.9 Å². The average Bonchev–Trinajstić information content (AvgIpc) is 3.61. The Balaban J connectivity index is 1.19. The van der Waals surface area contributed by atoms with Gasteiger partial charge in [0.05, 0.1) is 5.69 Å². The number of nitrogens with zero attached hydrogens (tertiary/aromatic N) is 1. The Morgan fingerprint density at radius 3 is 1.83 bits per heavy atom. The van der Waals surface area contributed by atoms with Gasteiger partial charge in [-0.25, -0.2) is 0 Å². The number of anilines is 3. The topological polar surface area (TPSA) is 16.4 Å². The van der Waals surface area contributed by atoms with E-state index in [-0.39, 0.29) is 0 Å². The molecule has 0 amide bonds. The van der Waals surface area contributed by atoms with Crippen LogP contribution in [-0.2, 0) is 0 Å². The Kier molecular flexibility index (Phi) is 6.90. The van der Waals surface area contributed by atoms with Crippen molar-refractivity contribution in [2.75, 3.05) is 4.90 Å². The van der Waals surface area contributed by atoms with E-state index in [1.165, 1.54) is 60.0 Å². The number of fused-ring (bicyclic) bond motifs is 8. The summed E-state index contributed by atoms with van der Waals surface area (Å²) in [5, 5.41) is 12.0. The van der Waals surface area contributed by atoms with Crippen LogP contribution in [0.15, 0.2) is 205 Å². The highest BCUT2D eigenvalue weighted by atomic mass is 16.3. The lowest BCUT2D eigenvalue weighted by Gasteiger charge is -2.28. The zero-order chi connectivity index (χ0) is 35.6. The van der Waals surface area contributed by atoms with Crippen LogP contribution in [0.1, 0.15) is 0 Å². The van der Waals surface area contributed by atoms with E-state index in [9.17, 15) is 0 Å². The van der Waals surface area contributed by atoms with Crippen LogP contribution in [0.3, 0.4) is 0 Å². The predicted molar refractivity (Wildman–Crippen MR) is 229 cm³/mol. The molecular weight excluding hydrogens is 655 g/mol. The van der Waals surface area contributed by atoms with Gasteiger partial charge in [-0.1, -0.05) is 158 Å². The lowest BCUT2D eigenvalue weighted by Crippen LogP contribution is -2.11. The van der Waals surface area contributed by atoms with Gasteiger partial charge in [-0.15, -0.1) is 0 Å². The molecule has 0 N–H and O–H groups in total. The number of rotatable bonds is 5. The maximum atomic E-state index is 6.51. The molecule has 11 rings (SSSR count). The van der Waals surface area contributed by atoms with Gasteiger partial charge in [0.15, 0.2) is 0 Å². The minimum absolute atomic E-state index is 0.901. The first-order chi connectivity index (χ1) is 26.8. The fourth-order valence-electron chi connectivity index (χ4n) is 8.55. The Bertz CT molecular complexity index is 3230. The van der Waals surface area contributed by atoms with Crippen LogP contribution < -0.4 is 4.90 Å². The SMILES string of the molecule is c1ccc(-c2cccc(N(c3ccc4c(ccc5ccccc54)c3)c3ccc(-c4c5ccccc5cc5oc6ccccc6c45)c4ccccc34)c2)cc1. The first-order valence-electron chi connectivity index (χ1n) is 18.5. The molecule has 0 aliphatic carbocycles. The Morgan fingerprint density at radius 1 is 0.333 bits per heavy atom. The fourth-order valence-corrected chi connectivity index (χ4v) is 8.55. The maximum absolute atomic E-state index is 6.51. The van der Waals surface area contributed by atoms with Crippen LogP contribution in [0.4, 0.5) is 17.1 Å². The van der Waals surface area contributed by atoms with Crippen molar-refractivity contribution in [3.63, 3.8) is 0 Å². The lowest BCUT2D eigenvalue weighted by atomic mass is 9.89. The molecule has 2 nitrogen and oxygen atoms in total. The fraction of sp³-hybridized carbons (Fsp3) is 0. The summed E-state index contributed by atoms with van der Waals surface area (Å²) < 4.78 is 6.51. The average molecular weight is 688 g/mol. The van der Waals surface area contributed by atoms with Gasteiger partial charge in [0.2, 0.25) is 0 Å². The van der Waals surface area contributed by atoms with E-state index in [2.05, 4.69) is 199 Å². The van der Waals surface area contributed by atoms with Gasteiger partial charge < -0.3 is 9.32 Å². The molecule has 2 heteroatoms. The summed E-state index contributed by atoms with van der Waals surface area (Å²) >= 11 is 0. The third-order valence-electron chi connectivity index (χ3n) is 11.0. The number of hydrogen-bond donors (Lipinski definition) is 0. The van der Waals surface area contributed by atoms with Crippen molar-refractivity contribution in [1.82, 2.24) is 0 Å². The predicted octanol–water partition coefficient (Wildman–Crippen LogP) is 15.0. The number of benzene rings is 10. The molecule has 10 aromatic carbocycles. The maximum Gasteiger partial charge on any atom is 0.136 e. The van der Waals surface area contributed by atoms with E-state index in [4.69, 9.17) is 4.42 Å². The minimum atomic E-state index is 0.901. The summed E-state index contributed by atoms with van der Waals surface area (Å²) in [5.41, 5.74) is 9.88. The first-order valence-corrected chi connectivity index (χ1v) is 18.5. The van der Waals surface area contributed by atoms with E-state index in [0.29, 0.717) is 0 Å². The van der Waals surface area contributed by atoms with Crippen LogP contribution in [0, 0.1) is 0 Å². The van der Waals surface area contributed by atoms with Crippen molar-refractivity contribution in [1.29, 1.82) is 0 Å². The third-order valence-corrected chi connectivity index (χ3v) is 11.0. The molecule has 0 spiro atoms. The number of hydrogen-bond acceptors (Lipinski definition) is 2. The van der Waals surface area contributed by atoms with Crippen molar-refractivity contribution >= 4 is 82.1 Å². The molecule has 54 heavy (non-hydrogen) atoms. The summed E-state index contributed by atoms with van der Waals surface area (Å²) in [6.45, 7) is 0. The van der Waals surface area contributed by atoms with Crippen molar-refractivity contribution in [2.24, 2.45) is 0 Å². The summed E-state index contributed by atoms with van der Waals surface area (Å²) in [6.07, 6.45) is 0. The van der Waals surface area contributed by atoms with Crippen LogP contribution >= 0.6 is 0 Å². The van der Waals surface area contributed by atoms with Crippen LogP contribution in [0.2, 0.25) is 0 Å². The molecule has 0 aliphatic heterocycles. The second-order valence-electron chi connectivity index (χ2n) is 14.1. The smallest absolute Gasteiger partial charge is 0.136 e. The monoisotopic (exact) mass is 687 g/mol. The molecule has 0 radical (unpaired) electrons. The molecule has 0 fully saturated rings. The van der Waals surface area contributed by atoms with Crippen molar-refractivity contribution < 1.29 is 4.42 Å². The highest BCUT2D eigenvalue weighted by Gasteiger charge is 2.22. The summed E-state index contributed by atoms with van der Waals surface area (Å²) in [7, 11) is 0. The largest absolute Gasteiger partial charge is 0.456 e. The van der Waals surface area contributed by atoms with Gasteiger partial charge in [-0.2, -0.15) is 0 Å². The molecule has 1 aromatic heterocycles. The van der Waals surface area contributed by atoms with E-state index < -0.39 is 0 Å². The zero-order valence-corrected chi connectivity index (χ0v) is 29.4. The molecule has 0 saturated carbocycles. The van der Waals surface area contributed by atoms with Crippen molar-refractivity contribution in [2.45, 2.75) is 0 Å². The molecular formula is C52H33NO. The van der Waals surface area contributed by atoms with Crippen LogP contribution in [0.5, 0.6) is 0 Å². The third kappa shape index (κ3) is 4.81. The van der Waals surface area contributed by atoms with E-state index in [1.54, 1.807) is 0 Å². The van der Waals surface area contributed by atoms with Gasteiger partial charge in [0.25, 0.3) is 0 Å². The molecule has 252 valence electrons.